The number of anilines is 1. The molecule has 0 aliphatic carbocycles. The van der Waals surface area contributed by atoms with Crippen molar-refractivity contribution < 1.29 is 14.3 Å². The van der Waals surface area contributed by atoms with E-state index in [-0.39, 0.29) is 18.3 Å². The summed E-state index contributed by atoms with van der Waals surface area (Å²) in [6, 6.07) is 7.69. The minimum absolute atomic E-state index is 0. The molecule has 0 fully saturated rings. The molecule has 0 atom stereocenters. The largest absolute Gasteiger partial charge is 0.379 e. The Morgan fingerprint density at radius 3 is 2.71 bits per heavy atom. The number of amides is 1. The average Bonchev–Trinajstić information content (AvgIpc) is 2.45. The van der Waals surface area contributed by atoms with Gasteiger partial charge in [-0.1, -0.05) is 12.1 Å². The van der Waals surface area contributed by atoms with Crippen molar-refractivity contribution in [1.29, 1.82) is 0 Å². The molecule has 5 nitrogen and oxygen atoms in total. The van der Waals surface area contributed by atoms with E-state index in [1.165, 1.54) is 0 Å². The van der Waals surface area contributed by atoms with Crippen molar-refractivity contribution in [2.24, 2.45) is 0 Å². The Balaban J connectivity index is 0.00000400. The van der Waals surface area contributed by atoms with Crippen molar-refractivity contribution in [3.8, 4) is 0 Å². The van der Waals surface area contributed by atoms with Crippen molar-refractivity contribution in [3.05, 3.63) is 29.8 Å². The van der Waals surface area contributed by atoms with Crippen LogP contribution in [0.15, 0.2) is 24.3 Å². The molecule has 0 radical (unpaired) electrons. The molecule has 0 aliphatic heterocycles. The summed E-state index contributed by atoms with van der Waals surface area (Å²) in [5, 5.41) is 5.82. The lowest BCUT2D eigenvalue weighted by Gasteiger charge is -2.08. The number of ether oxygens (including phenoxy) is 2. The first kappa shape index (κ1) is 19.9. The summed E-state index contributed by atoms with van der Waals surface area (Å²) >= 11 is 0. The molecule has 0 unspecified atom stereocenters. The summed E-state index contributed by atoms with van der Waals surface area (Å²) in [7, 11) is 1.83. The molecule has 0 spiro atoms. The number of carbonyl (C=O) groups excluding carboxylic acids is 1. The standard InChI is InChI=1S/C15H24N2O3.ClH/c1-3-19-9-10-20-12-13-5-4-6-14(11-13)17-15(18)7-8-16-2;/h4-6,11,16H,3,7-10,12H2,1-2H3,(H,17,18);1H. The van der Waals surface area contributed by atoms with Gasteiger partial charge in [0.1, 0.15) is 0 Å². The molecular weight excluding hydrogens is 292 g/mol. The van der Waals surface area contributed by atoms with E-state index in [9.17, 15) is 4.79 Å². The molecule has 120 valence electrons. The van der Waals surface area contributed by atoms with Crippen LogP contribution in [0, 0.1) is 0 Å². The van der Waals surface area contributed by atoms with Gasteiger partial charge in [0.05, 0.1) is 19.8 Å². The van der Waals surface area contributed by atoms with E-state index in [2.05, 4.69) is 10.6 Å². The molecule has 0 aliphatic rings. The second kappa shape index (κ2) is 12.6. The van der Waals surface area contributed by atoms with E-state index >= 15 is 0 Å². The molecule has 21 heavy (non-hydrogen) atoms. The van der Waals surface area contributed by atoms with Crippen LogP contribution in [0.4, 0.5) is 5.69 Å². The van der Waals surface area contributed by atoms with Gasteiger partial charge in [-0.25, -0.2) is 0 Å². The third-order valence-corrected chi connectivity index (χ3v) is 2.66. The minimum Gasteiger partial charge on any atom is -0.379 e. The zero-order chi connectivity index (χ0) is 14.6. The highest BCUT2D eigenvalue weighted by Gasteiger charge is 2.02. The van der Waals surface area contributed by atoms with Crippen molar-refractivity contribution >= 4 is 24.0 Å². The number of carbonyl (C=O) groups is 1. The molecule has 6 heteroatoms. The van der Waals surface area contributed by atoms with Gasteiger partial charge in [-0.3, -0.25) is 4.79 Å². The smallest absolute Gasteiger partial charge is 0.225 e. The van der Waals surface area contributed by atoms with Gasteiger partial charge in [0.15, 0.2) is 0 Å². The monoisotopic (exact) mass is 316 g/mol. The number of rotatable bonds is 10. The predicted molar refractivity (Wildman–Crippen MR) is 87.0 cm³/mol. The first-order valence-electron chi connectivity index (χ1n) is 6.95. The maximum absolute atomic E-state index is 11.6. The van der Waals surface area contributed by atoms with Crippen molar-refractivity contribution in [1.82, 2.24) is 5.32 Å². The van der Waals surface area contributed by atoms with Crippen LogP contribution in [-0.4, -0.2) is 39.3 Å². The third kappa shape index (κ3) is 9.42. The van der Waals surface area contributed by atoms with Crippen LogP contribution in [-0.2, 0) is 20.9 Å². The van der Waals surface area contributed by atoms with Crippen LogP contribution >= 0.6 is 12.4 Å². The van der Waals surface area contributed by atoms with Crippen LogP contribution < -0.4 is 10.6 Å². The normalized spacial score (nSPS) is 10.0. The average molecular weight is 317 g/mol. The first-order chi connectivity index (χ1) is 9.76. The number of hydrogen-bond acceptors (Lipinski definition) is 4. The zero-order valence-electron chi connectivity index (χ0n) is 12.7. The molecule has 0 saturated heterocycles. The molecule has 1 aromatic rings. The number of halogens is 1. The lowest BCUT2D eigenvalue weighted by Crippen LogP contribution is -2.18. The fraction of sp³-hybridized carbons (Fsp3) is 0.533. The molecule has 0 saturated carbocycles. The van der Waals surface area contributed by atoms with Gasteiger partial charge in [0, 0.05) is 25.3 Å². The fourth-order valence-corrected chi connectivity index (χ4v) is 1.65. The van der Waals surface area contributed by atoms with E-state index in [1.54, 1.807) is 0 Å². The molecule has 0 heterocycles. The first-order valence-corrected chi connectivity index (χ1v) is 6.95. The quantitative estimate of drug-likeness (QED) is 0.650. The van der Waals surface area contributed by atoms with Crippen LogP contribution in [0.5, 0.6) is 0 Å². The fourth-order valence-electron chi connectivity index (χ4n) is 1.65. The Bertz CT molecular complexity index is 402. The van der Waals surface area contributed by atoms with E-state index < -0.39 is 0 Å². The molecule has 0 aromatic heterocycles. The molecule has 1 rings (SSSR count). The summed E-state index contributed by atoms with van der Waals surface area (Å²) in [5.41, 5.74) is 1.84. The maximum Gasteiger partial charge on any atom is 0.225 e. The van der Waals surface area contributed by atoms with Gasteiger partial charge < -0.3 is 20.1 Å². The van der Waals surface area contributed by atoms with Gasteiger partial charge in [0.25, 0.3) is 0 Å². The molecule has 1 aromatic carbocycles. The maximum atomic E-state index is 11.6. The summed E-state index contributed by atoms with van der Waals surface area (Å²) in [4.78, 5) is 11.6. The van der Waals surface area contributed by atoms with Crippen LogP contribution in [0.3, 0.4) is 0 Å². The molecule has 1 amide bonds. The van der Waals surface area contributed by atoms with Gasteiger partial charge >= 0.3 is 0 Å². The minimum atomic E-state index is 0. The second-order valence-corrected chi connectivity index (χ2v) is 4.35. The molecule has 2 N–H and O–H groups in total. The second-order valence-electron chi connectivity index (χ2n) is 4.35. The lowest BCUT2D eigenvalue weighted by atomic mass is 10.2. The van der Waals surface area contributed by atoms with Crippen molar-refractivity contribution in [3.63, 3.8) is 0 Å². The number of nitrogens with one attached hydrogen (secondary N) is 2. The highest BCUT2D eigenvalue weighted by Crippen LogP contribution is 2.11. The molecular formula is C15H25ClN2O3. The molecule has 0 bridgehead atoms. The van der Waals surface area contributed by atoms with Gasteiger partial charge in [0.2, 0.25) is 5.91 Å². The van der Waals surface area contributed by atoms with Gasteiger partial charge in [-0.05, 0) is 31.7 Å². The zero-order valence-corrected chi connectivity index (χ0v) is 13.5. The van der Waals surface area contributed by atoms with Crippen molar-refractivity contribution in [2.45, 2.75) is 20.0 Å². The number of benzene rings is 1. The highest BCUT2D eigenvalue weighted by atomic mass is 35.5. The predicted octanol–water partition coefficient (Wildman–Crippen LogP) is 2.21. The Morgan fingerprint density at radius 1 is 1.24 bits per heavy atom. The Kier molecular flexibility index (Phi) is 11.9. The van der Waals surface area contributed by atoms with E-state index in [4.69, 9.17) is 9.47 Å². The van der Waals surface area contributed by atoms with Gasteiger partial charge in [-0.2, -0.15) is 0 Å². The number of hydrogen-bond donors (Lipinski definition) is 2. The summed E-state index contributed by atoms with van der Waals surface area (Å²) in [6.45, 7) is 5.04. The van der Waals surface area contributed by atoms with E-state index in [1.807, 2.05) is 38.2 Å². The van der Waals surface area contributed by atoms with E-state index in [0.717, 1.165) is 11.3 Å². The summed E-state index contributed by atoms with van der Waals surface area (Å²) in [6.07, 6.45) is 0.464. The Morgan fingerprint density at radius 2 is 2.00 bits per heavy atom. The Labute approximate surface area is 132 Å². The SMILES string of the molecule is CCOCCOCc1cccc(NC(=O)CCNC)c1.Cl. The van der Waals surface area contributed by atoms with E-state index in [0.29, 0.717) is 39.4 Å². The van der Waals surface area contributed by atoms with Gasteiger partial charge in [-0.15, -0.1) is 12.4 Å². The topological polar surface area (TPSA) is 59.6 Å². The summed E-state index contributed by atoms with van der Waals surface area (Å²) < 4.78 is 10.7. The van der Waals surface area contributed by atoms with Crippen molar-refractivity contribution in [2.75, 3.05) is 38.7 Å². The Hall–Kier alpha value is -1.14. The van der Waals surface area contributed by atoms with Crippen LogP contribution in [0.25, 0.3) is 0 Å². The summed E-state index contributed by atoms with van der Waals surface area (Å²) in [5.74, 6) is 0.00811. The van der Waals surface area contributed by atoms with Crippen LogP contribution in [0.2, 0.25) is 0 Å². The van der Waals surface area contributed by atoms with Crippen LogP contribution in [0.1, 0.15) is 18.9 Å². The lowest BCUT2D eigenvalue weighted by molar-refractivity contribution is -0.116. The third-order valence-electron chi connectivity index (χ3n) is 2.66. The highest BCUT2D eigenvalue weighted by molar-refractivity contribution is 5.90.